The van der Waals surface area contributed by atoms with Gasteiger partial charge in [-0.2, -0.15) is 0 Å². The minimum Gasteiger partial charge on any atom is -0.377 e. The molecule has 0 fully saturated rings. The fourth-order valence-electron chi connectivity index (χ4n) is 2.55. The van der Waals surface area contributed by atoms with E-state index >= 15 is 0 Å². The molecule has 1 aromatic heterocycles. The van der Waals surface area contributed by atoms with Crippen molar-refractivity contribution in [3.05, 3.63) is 76.2 Å². The van der Waals surface area contributed by atoms with E-state index in [1.165, 1.54) is 36.8 Å². The van der Waals surface area contributed by atoms with Crippen molar-refractivity contribution >= 4 is 44.7 Å². The van der Waals surface area contributed by atoms with Crippen LogP contribution in [0.1, 0.15) is 18.5 Å². The minimum atomic E-state index is -4.29. The molecule has 3 aromatic rings. The van der Waals surface area contributed by atoms with E-state index in [9.17, 15) is 17.2 Å². The normalized spacial score (nSPS) is 12.4. The fourth-order valence-corrected chi connectivity index (χ4v) is 4.19. The van der Waals surface area contributed by atoms with E-state index in [-0.39, 0.29) is 16.5 Å². The first-order valence-electron chi connectivity index (χ1n) is 8.17. The van der Waals surface area contributed by atoms with Crippen molar-refractivity contribution in [2.75, 3.05) is 10.0 Å². The number of rotatable bonds is 6. The summed E-state index contributed by atoms with van der Waals surface area (Å²) in [4.78, 5) is 6.86. The van der Waals surface area contributed by atoms with E-state index in [0.29, 0.717) is 10.6 Å². The summed E-state index contributed by atoms with van der Waals surface area (Å²) in [5, 5.41) is 3.17. The largest absolute Gasteiger partial charge is 0.377 e. The van der Waals surface area contributed by atoms with Gasteiger partial charge in [0.05, 0.1) is 22.9 Å². The Kier molecular flexibility index (Phi) is 6.21. The van der Waals surface area contributed by atoms with E-state index < -0.39 is 32.6 Å². The number of hydrogen-bond acceptors (Lipinski definition) is 5. The number of nitrogens with zero attached hydrogens (tertiary/aromatic N) is 2. The van der Waals surface area contributed by atoms with Crippen LogP contribution < -0.4 is 10.0 Å². The van der Waals surface area contributed by atoms with Crippen LogP contribution in [-0.2, 0) is 10.0 Å². The molecule has 11 heteroatoms. The highest BCUT2D eigenvalue weighted by molar-refractivity contribution is 7.92. The Labute approximate surface area is 176 Å². The first kappa shape index (κ1) is 21.2. The second-order valence-electron chi connectivity index (χ2n) is 5.99. The molecule has 0 aliphatic carbocycles. The summed E-state index contributed by atoms with van der Waals surface area (Å²) < 4.78 is 55.1. The third-order valence-electron chi connectivity index (χ3n) is 3.91. The van der Waals surface area contributed by atoms with Gasteiger partial charge in [-0.05, 0) is 42.8 Å². The highest BCUT2D eigenvalue weighted by Crippen LogP contribution is 2.33. The van der Waals surface area contributed by atoms with Gasteiger partial charge in [0.1, 0.15) is 16.5 Å². The molecule has 0 saturated heterocycles. The van der Waals surface area contributed by atoms with Crippen LogP contribution >= 0.6 is 23.2 Å². The Morgan fingerprint density at radius 3 is 2.52 bits per heavy atom. The van der Waals surface area contributed by atoms with Gasteiger partial charge in [0, 0.05) is 17.4 Å². The third-order valence-corrected chi connectivity index (χ3v) is 5.94. The Hall–Kier alpha value is -2.49. The average molecular weight is 459 g/mol. The zero-order valence-electron chi connectivity index (χ0n) is 14.8. The molecule has 0 bridgehead atoms. The predicted molar refractivity (Wildman–Crippen MR) is 108 cm³/mol. The lowest BCUT2D eigenvalue weighted by atomic mass is 10.1. The van der Waals surface area contributed by atoms with E-state index in [0.717, 1.165) is 12.1 Å². The molecule has 0 spiro atoms. The van der Waals surface area contributed by atoms with Crippen molar-refractivity contribution in [2.24, 2.45) is 0 Å². The predicted octanol–water partition coefficient (Wildman–Crippen LogP) is 5.04. The lowest BCUT2D eigenvalue weighted by molar-refractivity contribution is 0.570. The summed E-state index contributed by atoms with van der Waals surface area (Å²) in [7, 11) is -4.29. The number of halogens is 4. The zero-order chi connectivity index (χ0) is 21.2. The smallest absolute Gasteiger partial charge is 0.266 e. The molecule has 0 radical (unpaired) electrons. The standard InChI is InChI=1S/C18H14Cl2F2N4O2S/c1-10(12-6-11(21)2-3-13(12)19)25-16-8-15(22)17(7-14(16)20)29(27,28)26-18-9-23-4-5-24-18/h2-10,25H,1H3,(H,24,26). The Morgan fingerprint density at radius 1 is 1.07 bits per heavy atom. The van der Waals surface area contributed by atoms with Crippen LogP contribution in [0.3, 0.4) is 0 Å². The van der Waals surface area contributed by atoms with Crippen LogP contribution in [0.25, 0.3) is 0 Å². The van der Waals surface area contributed by atoms with Crippen molar-refractivity contribution in [3.8, 4) is 0 Å². The number of hydrogen-bond donors (Lipinski definition) is 2. The number of benzene rings is 2. The molecular weight excluding hydrogens is 445 g/mol. The minimum absolute atomic E-state index is 0.0507. The van der Waals surface area contributed by atoms with Crippen molar-refractivity contribution in [1.82, 2.24) is 9.97 Å². The SMILES string of the molecule is CC(Nc1cc(F)c(S(=O)(=O)Nc2cnccn2)cc1Cl)c1cc(F)ccc1Cl. The van der Waals surface area contributed by atoms with Crippen molar-refractivity contribution in [2.45, 2.75) is 17.9 Å². The van der Waals surface area contributed by atoms with E-state index in [4.69, 9.17) is 23.2 Å². The Morgan fingerprint density at radius 2 is 1.83 bits per heavy atom. The van der Waals surface area contributed by atoms with Crippen LogP contribution in [-0.4, -0.2) is 18.4 Å². The molecule has 2 aromatic carbocycles. The van der Waals surface area contributed by atoms with Gasteiger partial charge in [0.25, 0.3) is 10.0 Å². The molecule has 2 N–H and O–H groups in total. The van der Waals surface area contributed by atoms with Crippen molar-refractivity contribution in [3.63, 3.8) is 0 Å². The van der Waals surface area contributed by atoms with Gasteiger partial charge < -0.3 is 5.32 Å². The zero-order valence-corrected chi connectivity index (χ0v) is 17.2. The summed E-state index contributed by atoms with van der Waals surface area (Å²) >= 11 is 12.2. The molecule has 29 heavy (non-hydrogen) atoms. The summed E-state index contributed by atoms with van der Waals surface area (Å²) in [6.07, 6.45) is 3.83. The van der Waals surface area contributed by atoms with Gasteiger partial charge >= 0.3 is 0 Å². The summed E-state index contributed by atoms with van der Waals surface area (Å²) in [6.45, 7) is 1.68. The Balaban J connectivity index is 1.88. The highest BCUT2D eigenvalue weighted by atomic mass is 35.5. The van der Waals surface area contributed by atoms with Gasteiger partial charge in [-0.25, -0.2) is 22.2 Å². The van der Waals surface area contributed by atoms with Gasteiger partial charge in [0.15, 0.2) is 5.82 Å². The van der Waals surface area contributed by atoms with Crippen molar-refractivity contribution < 1.29 is 17.2 Å². The molecule has 1 unspecified atom stereocenters. The van der Waals surface area contributed by atoms with Gasteiger partial charge in [-0.1, -0.05) is 23.2 Å². The summed E-state index contributed by atoms with van der Waals surface area (Å²) in [6, 6.07) is 5.24. The molecule has 1 atom stereocenters. The molecule has 0 amide bonds. The second-order valence-corrected chi connectivity index (χ2v) is 8.46. The molecule has 6 nitrogen and oxygen atoms in total. The molecule has 152 valence electrons. The maximum atomic E-state index is 14.6. The van der Waals surface area contributed by atoms with Crippen LogP contribution in [0.4, 0.5) is 20.3 Å². The average Bonchev–Trinajstić information content (AvgIpc) is 2.66. The monoisotopic (exact) mass is 458 g/mol. The summed E-state index contributed by atoms with van der Waals surface area (Å²) in [5.74, 6) is -1.59. The lowest BCUT2D eigenvalue weighted by Crippen LogP contribution is -2.16. The fraction of sp³-hybridized carbons (Fsp3) is 0.111. The van der Waals surface area contributed by atoms with Crippen LogP contribution in [0.5, 0.6) is 0 Å². The van der Waals surface area contributed by atoms with E-state index in [1.807, 2.05) is 0 Å². The molecule has 0 aliphatic heterocycles. The molecule has 1 heterocycles. The van der Waals surface area contributed by atoms with E-state index in [2.05, 4.69) is 20.0 Å². The molecular formula is C18H14Cl2F2N4O2S. The lowest BCUT2D eigenvalue weighted by Gasteiger charge is -2.19. The number of sulfonamides is 1. The van der Waals surface area contributed by atoms with Crippen LogP contribution in [0.2, 0.25) is 10.0 Å². The van der Waals surface area contributed by atoms with Gasteiger partial charge in [-0.3, -0.25) is 9.71 Å². The third kappa shape index (κ3) is 4.92. The topological polar surface area (TPSA) is 84.0 Å². The number of anilines is 2. The number of nitrogens with one attached hydrogen (secondary N) is 2. The maximum Gasteiger partial charge on any atom is 0.266 e. The first-order valence-corrected chi connectivity index (χ1v) is 10.4. The van der Waals surface area contributed by atoms with Gasteiger partial charge in [0.2, 0.25) is 0 Å². The summed E-state index contributed by atoms with van der Waals surface area (Å²) in [5.41, 5.74) is 0.555. The highest BCUT2D eigenvalue weighted by Gasteiger charge is 2.23. The van der Waals surface area contributed by atoms with E-state index in [1.54, 1.807) is 6.92 Å². The van der Waals surface area contributed by atoms with Crippen LogP contribution in [0.15, 0.2) is 53.8 Å². The van der Waals surface area contributed by atoms with Gasteiger partial charge in [-0.15, -0.1) is 0 Å². The second kappa shape index (κ2) is 8.48. The molecule has 0 saturated carbocycles. The van der Waals surface area contributed by atoms with Crippen LogP contribution in [0, 0.1) is 11.6 Å². The Bertz CT molecular complexity index is 1150. The number of aromatic nitrogens is 2. The van der Waals surface area contributed by atoms with Crippen molar-refractivity contribution in [1.29, 1.82) is 0 Å². The molecule has 0 aliphatic rings. The maximum absolute atomic E-state index is 14.6. The first-order chi connectivity index (χ1) is 13.7. The molecule has 3 rings (SSSR count). The quantitative estimate of drug-likeness (QED) is 0.540.